The second-order valence-corrected chi connectivity index (χ2v) is 5.86. The number of fused-ring (bicyclic) bond motifs is 1. The summed E-state index contributed by atoms with van der Waals surface area (Å²) in [4.78, 5) is 21.2. The van der Waals surface area contributed by atoms with Crippen LogP contribution in [0, 0.1) is 0 Å². The van der Waals surface area contributed by atoms with Gasteiger partial charge in [0, 0.05) is 25.0 Å². The van der Waals surface area contributed by atoms with Gasteiger partial charge < -0.3 is 9.80 Å². The molecule has 0 unspecified atom stereocenters. The van der Waals surface area contributed by atoms with E-state index in [-0.39, 0.29) is 5.91 Å². The smallest absolute Gasteiger partial charge is 0.272 e. The van der Waals surface area contributed by atoms with Gasteiger partial charge in [-0.05, 0) is 32.1 Å². The zero-order valence-corrected chi connectivity index (χ0v) is 12.8. The van der Waals surface area contributed by atoms with Crippen LogP contribution >= 0.6 is 11.6 Å². The topological polar surface area (TPSA) is 36.4 Å². The summed E-state index contributed by atoms with van der Waals surface area (Å²) in [6.07, 6.45) is 0.990. The Morgan fingerprint density at radius 1 is 1.19 bits per heavy atom. The van der Waals surface area contributed by atoms with Crippen LogP contribution < -0.4 is 0 Å². The van der Waals surface area contributed by atoms with E-state index < -0.39 is 0 Å². The van der Waals surface area contributed by atoms with Crippen molar-refractivity contribution in [3.8, 4) is 0 Å². The van der Waals surface area contributed by atoms with Crippen LogP contribution in [-0.4, -0.2) is 53.9 Å². The number of nitrogens with zero attached hydrogens (tertiary/aromatic N) is 3. The molecule has 0 saturated carbocycles. The van der Waals surface area contributed by atoms with Crippen molar-refractivity contribution in [2.75, 3.05) is 33.2 Å². The summed E-state index contributed by atoms with van der Waals surface area (Å²) >= 11 is 6.28. The van der Waals surface area contributed by atoms with Crippen LogP contribution in [0.25, 0.3) is 10.9 Å². The lowest BCUT2D eigenvalue weighted by Gasteiger charge is -2.20. The molecule has 3 rings (SSSR count). The fraction of sp³-hybridized carbons (Fsp3) is 0.375. The normalized spacial score (nSPS) is 17.0. The number of carbonyl (C=O) groups is 1. The molecule has 110 valence electrons. The minimum atomic E-state index is -0.0297. The number of carbonyl (C=O) groups excluding carboxylic acids is 1. The van der Waals surface area contributed by atoms with E-state index in [9.17, 15) is 4.79 Å². The molecule has 1 aliphatic rings. The van der Waals surface area contributed by atoms with E-state index in [2.05, 4.69) is 16.9 Å². The molecule has 0 bridgehead atoms. The standard InChI is InChI=1S/C16H18ClN3O/c1-19-7-4-8-20(10-9-19)16(21)15-11-13(17)12-5-2-3-6-14(12)18-15/h2-3,5-6,11H,4,7-10H2,1H3. The van der Waals surface area contributed by atoms with Gasteiger partial charge in [-0.1, -0.05) is 29.8 Å². The first kappa shape index (κ1) is 14.3. The maximum atomic E-state index is 12.6. The lowest BCUT2D eigenvalue weighted by molar-refractivity contribution is 0.0757. The van der Waals surface area contributed by atoms with Crippen molar-refractivity contribution in [2.24, 2.45) is 0 Å². The van der Waals surface area contributed by atoms with Gasteiger partial charge in [-0.15, -0.1) is 0 Å². The molecule has 0 spiro atoms. The number of rotatable bonds is 1. The molecule has 0 atom stereocenters. The first-order valence-electron chi connectivity index (χ1n) is 7.18. The summed E-state index contributed by atoms with van der Waals surface area (Å²) < 4.78 is 0. The van der Waals surface area contributed by atoms with Gasteiger partial charge in [0.1, 0.15) is 5.69 Å². The van der Waals surface area contributed by atoms with E-state index >= 15 is 0 Å². The van der Waals surface area contributed by atoms with Gasteiger partial charge in [0.25, 0.3) is 5.91 Å². The Labute approximate surface area is 129 Å². The summed E-state index contributed by atoms with van der Waals surface area (Å²) in [5.41, 5.74) is 1.20. The SMILES string of the molecule is CN1CCCN(C(=O)c2cc(Cl)c3ccccc3n2)CC1. The Balaban J connectivity index is 1.90. The van der Waals surface area contributed by atoms with Gasteiger partial charge in [0.15, 0.2) is 0 Å². The van der Waals surface area contributed by atoms with Gasteiger partial charge in [0.2, 0.25) is 0 Å². The van der Waals surface area contributed by atoms with Crippen molar-refractivity contribution in [1.29, 1.82) is 0 Å². The number of benzene rings is 1. The highest BCUT2D eigenvalue weighted by Crippen LogP contribution is 2.23. The van der Waals surface area contributed by atoms with Crippen molar-refractivity contribution in [3.05, 3.63) is 41.0 Å². The number of hydrogen-bond acceptors (Lipinski definition) is 3. The van der Waals surface area contributed by atoms with Crippen molar-refractivity contribution in [2.45, 2.75) is 6.42 Å². The van der Waals surface area contributed by atoms with Crippen LogP contribution in [0.3, 0.4) is 0 Å². The molecule has 1 aliphatic heterocycles. The van der Waals surface area contributed by atoms with Crippen LogP contribution in [-0.2, 0) is 0 Å². The van der Waals surface area contributed by atoms with Crippen molar-refractivity contribution >= 4 is 28.4 Å². The van der Waals surface area contributed by atoms with Crippen LogP contribution in [0.1, 0.15) is 16.9 Å². The van der Waals surface area contributed by atoms with E-state index in [0.717, 1.165) is 43.5 Å². The average molecular weight is 304 g/mol. The van der Waals surface area contributed by atoms with Crippen molar-refractivity contribution in [1.82, 2.24) is 14.8 Å². The molecule has 0 radical (unpaired) electrons. The quantitative estimate of drug-likeness (QED) is 0.812. The molecule has 1 aromatic carbocycles. The van der Waals surface area contributed by atoms with Crippen LogP contribution in [0.4, 0.5) is 0 Å². The molecule has 0 N–H and O–H groups in total. The molecular weight excluding hydrogens is 286 g/mol. The highest BCUT2D eigenvalue weighted by Gasteiger charge is 2.20. The highest BCUT2D eigenvalue weighted by molar-refractivity contribution is 6.35. The Bertz CT molecular complexity index is 674. The van der Waals surface area contributed by atoms with Crippen LogP contribution in [0.15, 0.2) is 30.3 Å². The highest BCUT2D eigenvalue weighted by atomic mass is 35.5. The number of hydrogen-bond donors (Lipinski definition) is 0. The van der Waals surface area contributed by atoms with E-state index in [0.29, 0.717) is 10.7 Å². The molecular formula is C16H18ClN3O. The van der Waals surface area contributed by atoms with Crippen LogP contribution in [0.2, 0.25) is 5.02 Å². The molecule has 2 heterocycles. The third-order valence-electron chi connectivity index (χ3n) is 3.89. The average Bonchev–Trinajstić information content (AvgIpc) is 2.71. The molecule has 21 heavy (non-hydrogen) atoms. The number of para-hydroxylation sites is 1. The molecule has 0 aliphatic carbocycles. The van der Waals surface area contributed by atoms with Gasteiger partial charge in [-0.3, -0.25) is 4.79 Å². The molecule has 5 heteroatoms. The lowest BCUT2D eigenvalue weighted by atomic mass is 10.2. The predicted molar refractivity (Wildman–Crippen MR) is 84.8 cm³/mol. The molecule has 1 amide bonds. The Kier molecular flexibility index (Phi) is 4.08. The fourth-order valence-electron chi connectivity index (χ4n) is 2.65. The maximum absolute atomic E-state index is 12.6. The summed E-state index contributed by atoms with van der Waals surface area (Å²) in [7, 11) is 2.08. The fourth-order valence-corrected chi connectivity index (χ4v) is 2.92. The third kappa shape index (κ3) is 3.01. The Morgan fingerprint density at radius 2 is 2.00 bits per heavy atom. The zero-order chi connectivity index (χ0) is 14.8. The summed E-state index contributed by atoms with van der Waals surface area (Å²) in [5, 5.41) is 1.46. The number of pyridine rings is 1. The first-order valence-corrected chi connectivity index (χ1v) is 7.56. The monoisotopic (exact) mass is 303 g/mol. The van der Waals surface area contributed by atoms with Crippen molar-refractivity contribution < 1.29 is 4.79 Å². The molecule has 1 aromatic heterocycles. The third-order valence-corrected chi connectivity index (χ3v) is 4.20. The second-order valence-electron chi connectivity index (χ2n) is 5.46. The largest absolute Gasteiger partial charge is 0.336 e. The number of halogens is 1. The number of aromatic nitrogens is 1. The van der Waals surface area contributed by atoms with Gasteiger partial charge in [-0.2, -0.15) is 0 Å². The minimum absolute atomic E-state index is 0.0297. The molecule has 1 fully saturated rings. The first-order chi connectivity index (χ1) is 10.1. The zero-order valence-electron chi connectivity index (χ0n) is 12.1. The summed E-state index contributed by atoms with van der Waals surface area (Å²) in [5.74, 6) is -0.0297. The predicted octanol–water partition coefficient (Wildman–Crippen LogP) is 2.67. The second kappa shape index (κ2) is 6.00. The molecule has 4 nitrogen and oxygen atoms in total. The van der Waals surface area contributed by atoms with E-state index in [1.54, 1.807) is 6.07 Å². The number of likely N-dealkylation sites (N-methyl/N-ethyl adjacent to an activating group) is 1. The maximum Gasteiger partial charge on any atom is 0.272 e. The summed E-state index contributed by atoms with van der Waals surface area (Å²) in [6.45, 7) is 3.43. The number of amides is 1. The van der Waals surface area contributed by atoms with Gasteiger partial charge in [-0.25, -0.2) is 4.98 Å². The summed E-state index contributed by atoms with van der Waals surface area (Å²) in [6, 6.07) is 9.30. The van der Waals surface area contributed by atoms with Gasteiger partial charge in [0.05, 0.1) is 10.5 Å². The molecule has 1 saturated heterocycles. The van der Waals surface area contributed by atoms with Crippen LogP contribution in [0.5, 0.6) is 0 Å². The van der Waals surface area contributed by atoms with E-state index in [1.807, 2.05) is 29.2 Å². The molecule has 2 aromatic rings. The minimum Gasteiger partial charge on any atom is -0.336 e. The van der Waals surface area contributed by atoms with E-state index in [1.165, 1.54) is 0 Å². The van der Waals surface area contributed by atoms with E-state index in [4.69, 9.17) is 11.6 Å². The van der Waals surface area contributed by atoms with Gasteiger partial charge >= 0.3 is 0 Å². The Hall–Kier alpha value is -1.65. The van der Waals surface area contributed by atoms with Crippen molar-refractivity contribution in [3.63, 3.8) is 0 Å². The Morgan fingerprint density at radius 3 is 2.86 bits per heavy atom. The lowest BCUT2D eigenvalue weighted by Crippen LogP contribution is -2.35.